The average molecular weight is 209 g/mol. The number of hydrogen-bond donors (Lipinski definition) is 1. The molecule has 0 amide bonds. The SMILES string of the molecule is CC(=O)S.[Cs]. The number of hydrogen-bond acceptors (Lipinski definition) is 1. The monoisotopic (exact) mass is 209 g/mol. The Morgan fingerprint density at radius 2 is 1.80 bits per heavy atom. The van der Waals surface area contributed by atoms with Gasteiger partial charge in [0.1, 0.15) is 0 Å². The van der Waals surface area contributed by atoms with Crippen LogP contribution in [0.2, 0.25) is 0 Å². The second kappa shape index (κ2) is 6.07. The summed E-state index contributed by atoms with van der Waals surface area (Å²) < 4.78 is 0. The maximum absolute atomic E-state index is 9.31. The Morgan fingerprint density at radius 1 is 1.80 bits per heavy atom. The van der Waals surface area contributed by atoms with Crippen molar-refractivity contribution in [3.05, 3.63) is 0 Å². The molecule has 0 aliphatic heterocycles. The third kappa shape index (κ3) is 23.5. The van der Waals surface area contributed by atoms with Crippen molar-refractivity contribution in [1.82, 2.24) is 0 Å². The zero-order chi connectivity index (χ0) is 3.58. The molecular weight excluding hydrogens is 205 g/mol. The third-order valence-corrected chi connectivity index (χ3v) is 0. The van der Waals surface area contributed by atoms with Gasteiger partial charge in [0.25, 0.3) is 0 Å². The fraction of sp³-hybridized carbons (Fsp3) is 0.500. The van der Waals surface area contributed by atoms with Crippen molar-refractivity contribution in [3.8, 4) is 0 Å². The van der Waals surface area contributed by atoms with Crippen LogP contribution < -0.4 is 0 Å². The fourth-order valence-corrected chi connectivity index (χ4v) is 0. The predicted molar refractivity (Wildman–Crippen MR) is 25.4 cm³/mol. The number of thiol groups is 1. The van der Waals surface area contributed by atoms with Gasteiger partial charge >= 0.3 is 0 Å². The zero-order valence-electron chi connectivity index (χ0n) is 3.36. The maximum Gasteiger partial charge on any atom is 0.182 e. The van der Waals surface area contributed by atoms with Gasteiger partial charge in [-0.3, -0.25) is 4.79 Å². The van der Waals surface area contributed by atoms with Crippen LogP contribution in [0.15, 0.2) is 0 Å². The summed E-state index contributed by atoms with van der Waals surface area (Å²) in [5.74, 6) is 0. The summed E-state index contributed by atoms with van der Waals surface area (Å²) in [6, 6.07) is 0. The van der Waals surface area contributed by atoms with Crippen molar-refractivity contribution in [2.24, 2.45) is 0 Å². The molecule has 0 bridgehead atoms. The van der Waals surface area contributed by atoms with Crippen LogP contribution in [-0.4, -0.2) is 74.0 Å². The van der Waals surface area contributed by atoms with E-state index in [2.05, 4.69) is 12.6 Å². The van der Waals surface area contributed by atoms with Gasteiger partial charge in [0.2, 0.25) is 0 Å². The third-order valence-electron chi connectivity index (χ3n) is 0. The van der Waals surface area contributed by atoms with Crippen LogP contribution in [0.25, 0.3) is 0 Å². The quantitative estimate of drug-likeness (QED) is 0.559. The van der Waals surface area contributed by atoms with Gasteiger partial charge in [-0.15, -0.1) is 12.6 Å². The Balaban J connectivity index is 0. The summed E-state index contributed by atoms with van der Waals surface area (Å²) in [5, 5.41) is -0.139. The summed E-state index contributed by atoms with van der Waals surface area (Å²) in [5.41, 5.74) is 0. The van der Waals surface area contributed by atoms with Gasteiger partial charge in [-0.05, 0) is 0 Å². The largest absolute Gasteiger partial charge is 0.288 e. The van der Waals surface area contributed by atoms with E-state index in [0.717, 1.165) is 0 Å². The van der Waals surface area contributed by atoms with Crippen LogP contribution in [0.1, 0.15) is 6.92 Å². The first-order chi connectivity index (χ1) is 1.73. The van der Waals surface area contributed by atoms with Crippen molar-refractivity contribution in [3.63, 3.8) is 0 Å². The first kappa shape index (κ1) is 10.1. The fourth-order valence-electron chi connectivity index (χ4n) is 0. The molecule has 0 saturated carbocycles. The van der Waals surface area contributed by atoms with Gasteiger partial charge in [0, 0.05) is 75.8 Å². The van der Waals surface area contributed by atoms with Crippen molar-refractivity contribution >= 4 is 86.6 Å². The molecule has 0 unspecified atom stereocenters. The first-order valence-corrected chi connectivity index (χ1v) is 1.37. The van der Waals surface area contributed by atoms with Crippen molar-refractivity contribution in [1.29, 1.82) is 0 Å². The topological polar surface area (TPSA) is 17.1 Å². The molecule has 0 saturated heterocycles. The molecule has 0 aromatic rings. The minimum absolute atomic E-state index is 0. The molecule has 0 aromatic carbocycles. The minimum Gasteiger partial charge on any atom is -0.288 e. The standard InChI is InChI=1S/C2H4OS.Cs/c1-2(3)4;/h1H3,(H,3,4);. The van der Waals surface area contributed by atoms with Crippen LogP contribution in [0.3, 0.4) is 0 Å². The molecule has 25 valence electrons. The molecular formula is C2H4CsOS. The molecule has 0 aliphatic carbocycles. The molecule has 0 N–H and O–H groups in total. The summed E-state index contributed by atoms with van der Waals surface area (Å²) in [6.07, 6.45) is 0. The summed E-state index contributed by atoms with van der Waals surface area (Å²) >= 11 is 3.33. The summed E-state index contributed by atoms with van der Waals surface area (Å²) in [6.45, 7) is 1.39. The Morgan fingerprint density at radius 3 is 1.80 bits per heavy atom. The van der Waals surface area contributed by atoms with Gasteiger partial charge in [-0.1, -0.05) is 0 Å². The van der Waals surface area contributed by atoms with E-state index in [1.807, 2.05) is 0 Å². The van der Waals surface area contributed by atoms with E-state index in [1.54, 1.807) is 0 Å². The van der Waals surface area contributed by atoms with Crippen LogP contribution in [-0.2, 0) is 4.79 Å². The second-order valence-electron chi connectivity index (χ2n) is 0.519. The molecule has 0 spiro atoms. The molecule has 1 nitrogen and oxygen atoms in total. The van der Waals surface area contributed by atoms with E-state index in [9.17, 15) is 4.79 Å². The molecule has 0 rings (SSSR count). The van der Waals surface area contributed by atoms with Gasteiger partial charge in [0.05, 0.1) is 0 Å². The van der Waals surface area contributed by atoms with Crippen molar-refractivity contribution < 1.29 is 4.79 Å². The summed E-state index contributed by atoms with van der Waals surface area (Å²) in [4.78, 5) is 9.31. The van der Waals surface area contributed by atoms with E-state index in [-0.39, 0.29) is 74.0 Å². The predicted octanol–water partition coefficient (Wildman–Crippen LogP) is 0.0819. The number of rotatable bonds is 0. The van der Waals surface area contributed by atoms with Gasteiger partial charge in [0.15, 0.2) is 5.12 Å². The molecule has 0 atom stereocenters. The Bertz CT molecular complexity index is 32.6. The van der Waals surface area contributed by atoms with E-state index < -0.39 is 0 Å². The molecule has 3 heteroatoms. The van der Waals surface area contributed by atoms with E-state index in [0.29, 0.717) is 0 Å². The van der Waals surface area contributed by atoms with Gasteiger partial charge in [-0.25, -0.2) is 0 Å². The minimum atomic E-state index is -0.139. The molecule has 1 radical (unpaired) electrons. The van der Waals surface area contributed by atoms with Crippen molar-refractivity contribution in [2.45, 2.75) is 6.92 Å². The van der Waals surface area contributed by atoms with Gasteiger partial charge in [-0.2, -0.15) is 0 Å². The molecule has 0 heterocycles. The van der Waals surface area contributed by atoms with Crippen molar-refractivity contribution in [2.75, 3.05) is 0 Å². The van der Waals surface area contributed by atoms with E-state index in [1.165, 1.54) is 6.92 Å². The zero-order valence-corrected chi connectivity index (χ0v) is 10.5. The van der Waals surface area contributed by atoms with Crippen LogP contribution in [0.5, 0.6) is 0 Å². The molecule has 5 heavy (non-hydrogen) atoms. The number of carbonyl (C=O) groups excluding carboxylic acids is 1. The average Bonchev–Trinajstić information content (AvgIpc) is 0.811. The van der Waals surface area contributed by atoms with E-state index in [4.69, 9.17) is 0 Å². The number of carbonyl (C=O) groups is 1. The van der Waals surface area contributed by atoms with Crippen LogP contribution in [0.4, 0.5) is 0 Å². The molecule has 0 aliphatic rings. The molecule has 0 aromatic heterocycles. The normalized spacial score (nSPS) is 5.20. The second-order valence-corrected chi connectivity index (χ2v) is 1.15. The van der Waals surface area contributed by atoms with E-state index >= 15 is 0 Å². The molecule has 0 fully saturated rings. The van der Waals surface area contributed by atoms with Gasteiger partial charge < -0.3 is 0 Å². The smallest absolute Gasteiger partial charge is 0.182 e. The Hall–Kier alpha value is 2.07. The Kier molecular flexibility index (Phi) is 12.3. The maximum atomic E-state index is 9.31. The van der Waals surface area contributed by atoms with Crippen LogP contribution in [0, 0.1) is 0 Å². The summed E-state index contributed by atoms with van der Waals surface area (Å²) in [7, 11) is 0. The Labute approximate surface area is 95.7 Å². The van der Waals surface area contributed by atoms with Crippen LogP contribution >= 0.6 is 12.6 Å². The first-order valence-electron chi connectivity index (χ1n) is 0.928.